The Morgan fingerprint density at radius 3 is 2.36 bits per heavy atom. The first-order valence-electron chi connectivity index (χ1n) is 8.45. The van der Waals surface area contributed by atoms with Crippen molar-refractivity contribution in [3.05, 3.63) is 39.7 Å². The molecule has 2 rings (SSSR count). The van der Waals surface area contributed by atoms with E-state index >= 15 is 0 Å². The average molecular weight is 432 g/mol. The summed E-state index contributed by atoms with van der Waals surface area (Å²) >= 11 is -1.81. The summed E-state index contributed by atoms with van der Waals surface area (Å²) in [7, 11) is -4.04. The monoisotopic (exact) mass is 431 g/mol. The van der Waals surface area contributed by atoms with Gasteiger partial charge in [-0.3, -0.25) is 10.1 Å². The van der Waals surface area contributed by atoms with Crippen molar-refractivity contribution >= 4 is 26.9 Å². The smallest absolute Gasteiger partial charge is 0.269 e. The molecular weight excluding hydrogens is 409 g/mol. The lowest BCUT2D eigenvalue weighted by Crippen LogP contribution is -2.54. The Morgan fingerprint density at radius 1 is 1.36 bits per heavy atom. The first-order chi connectivity index (χ1) is 12.7. The molecule has 1 aliphatic carbocycles. The van der Waals surface area contributed by atoms with E-state index in [0.717, 1.165) is 18.2 Å². The second-order valence-corrected chi connectivity index (χ2v) is 12.4. The normalized spacial score (nSPS) is 19.3. The van der Waals surface area contributed by atoms with Gasteiger partial charge in [-0.25, -0.2) is 12.8 Å². The summed E-state index contributed by atoms with van der Waals surface area (Å²) in [5.74, 6) is -1.60. The van der Waals surface area contributed by atoms with Gasteiger partial charge in [0.05, 0.1) is 16.7 Å². The zero-order chi connectivity index (χ0) is 21.5. The van der Waals surface area contributed by atoms with Crippen molar-refractivity contribution in [2.45, 2.75) is 55.6 Å². The van der Waals surface area contributed by atoms with Gasteiger partial charge in [-0.1, -0.05) is 0 Å². The minimum atomic E-state index is -4.04. The summed E-state index contributed by atoms with van der Waals surface area (Å²) in [6.45, 7) is 6.26. The molecule has 1 aromatic rings. The summed E-state index contributed by atoms with van der Waals surface area (Å²) in [6.07, 6.45) is 0.337. The fraction of sp³-hybridized carbons (Fsp3) is 0.588. The predicted molar refractivity (Wildman–Crippen MR) is 103 cm³/mol. The van der Waals surface area contributed by atoms with Crippen LogP contribution in [-0.4, -0.2) is 33.1 Å². The highest BCUT2D eigenvalue weighted by Gasteiger charge is 2.58. The molecule has 0 bridgehead atoms. The Hall–Kier alpha value is -1.74. The molecule has 11 heteroatoms. The minimum absolute atomic E-state index is 0.168. The Labute approximate surface area is 166 Å². The van der Waals surface area contributed by atoms with Gasteiger partial charge >= 0.3 is 0 Å². The number of nitro benzene ring substituents is 1. The second kappa shape index (κ2) is 7.26. The van der Waals surface area contributed by atoms with Crippen LogP contribution < -0.4 is 4.72 Å². The quantitative estimate of drug-likeness (QED) is 0.398. The molecule has 1 saturated carbocycles. The lowest BCUT2D eigenvalue weighted by Gasteiger charge is -2.35. The van der Waals surface area contributed by atoms with Crippen LogP contribution >= 0.6 is 0 Å². The van der Waals surface area contributed by atoms with Crippen LogP contribution in [0.25, 0.3) is 0 Å². The van der Waals surface area contributed by atoms with Crippen molar-refractivity contribution < 1.29 is 22.3 Å². The van der Waals surface area contributed by atoms with E-state index in [4.69, 9.17) is 0 Å². The Balaban J connectivity index is 2.59. The van der Waals surface area contributed by atoms with Crippen molar-refractivity contribution in [2.75, 3.05) is 5.75 Å². The average Bonchev–Trinajstić information content (AvgIpc) is 3.35. The SMILES string of the molecule is CC(C)(C)[S+]([O-])N[C@@](C)(CS(=O)(=O)C1(C#N)CC1)c1cc([N+](=O)[O-])ccc1F. The molecule has 1 aromatic carbocycles. The first kappa shape index (κ1) is 22.5. The molecule has 0 aromatic heterocycles. The molecule has 0 radical (unpaired) electrons. The summed E-state index contributed by atoms with van der Waals surface area (Å²) in [4.78, 5) is 10.4. The van der Waals surface area contributed by atoms with Crippen LogP contribution in [0, 0.1) is 27.3 Å². The molecule has 1 aliphatic rings. The van der Waals surface area contributed by atoms with E-state index in [2.05, 4.69) is 4.72 Å². The van der Waals surface area contributed by atoms with Gasteiger partial charge in [-0.15, -0.1) is 4.72 Å². The number of halogens is 1. The van der Waals surface area contributed by atoms with Crippen LogP contribution in [0.3, 0.4) is 0 Å². The van der Waals surface area contributed by atoms with E-state index in [1.54, 1.807) is 26.8 Å². The number of hydrogen-bond donors (Lipinski definition) is 1. The zero-order valence-corrected chi connectivity index (χ0v) is 17.6. The van der Waals surface area contributed by atoms with Gasteiger partial charge in [0.2, 0.25) is 0 Å². The third-order valence-electron chi connectivity index (χ3n) is 4.61. The fourth-order valence-corrected chi connectivity index (χ4v) is 5.81. The maximum atomic E-state index is 14.6. The number of benzene rings is 1. The van der Waals surface area contributed by atoms with Crippen molar-refractivity contribution in [3.8, 4) is 6.07 Å². The summed E-state index contributed by atoms with van der Waals surface area (Å²) < 4.78 is 53.4. The van der Waals surface area contributed by atoms with Crippen molar-refractivity contribution in [1.82, 2.24) is 4.72 Å². The van der Waals surface area contributed by atoms with Crippen molar-refractivity contribution in [1.29, 1.82) is 5.26 Å². The highest BCUT2D eigenvalue weighted by atomic mass is 32.2. The standard InChI is InChI=1S/C17H22FN3O5S2/c1-15(2,3)27(24)20-16(4,11-28(25,26)17(10-19)7-8-17)13-9-12(21(22)23)5-6-14(13)18/h5-6,9,20H,7-8,11H2,1-4H3/t16-,27?/m0/s1. The Bertz CT molecular complexity index is 935. The Morgan fingerprint density at radius 2 is 1.93 bits per heavy atom. The number of nitrogens with zero attached hydrogens (tertiary/aromatic N) is 2. The Kier molecular flexibility index (Phi) is 5.84. The van der Waals surface area contributed by atoms with Crippen LogP contribution in [0.15, 0.2) is 18.2 Å². The minimum Gasteiger partial charge on any atom is -0.598 e. The van der Waals surface area contributed by atoms with E-state index in [0.29, 0.717) is 0 Å². The van der Waals surface area contributed by atoms with E-state index < -0.39 is 58.4 Å². The van der Waals surface area contributed by atoms with Crippen molar-refractivity contribution in [3.63, 3.8) is 0 Å². The van der Waals surface area contributed by atoms with E-state index in [1.165, 1.54) is 6.92 Å². The van der Waals surface area contributed by atoms with Crippen molar-refractivity contribution in [2.24, 2.45) is 0 Å². The maximum Gasteiger partial charge on any atom is 0.269 e. The van der Waals surface area contributed by atoms with E-state index in [1.807, 2.05) is 0 Å². The molecule has 0 saturated heterocycles. The van der Waals surface area contributed by atoms with Gasteiger partial charge in [0, 0.05) is 29.1 Å². The second-order valence-electron chi connectivity index (χ2n) is 8.10. The van der Waals surface area contributed by atoms with Gasteiger partial charge in [0.25, 0.3) is 5.69 Å². The molecule has 0 aliphatic heterocycles. The molecule has 2 atom stereocenters. The largest absolute Gasteiger partial charge is 0.598 e. The van der Waals surface area contributed by atoms with Gasteiger partial charge in [-0.05, 0) is 46.6 Å². The van der Waals surface area contributed by atoms with Crippen LogP contribution in [0.5, 0.6) is 0 Å². The molecule has 0 amide bonds. The van der Waals surface area contributed by atoms with Gasteiger partial charge in [0.15, 0.2) is 14.6 Å². The van der Waals surface area contributed by atoms with Crippen LogP contribution in [0.4, 0.5) is 10.1 Å². The van der Waals surface area contributed by atoms with Gasteiger partial charge < -0.3 is 4.55 Å². The number of non-ortho nitro benzene ring substituents is 1. The number of hydrogen-bond acceptors (Lipinski definition) is 7. The molecular formula is C17H22FN3O5S2. The topological polar surface area (TPSA) is 136 Å². The molecule has 28 heavy (non-hydrogen) atoms. The molecule has 0 spiro atoms. The summed E-state index contributed by atoms with van der Waals surface area (Å²) in [5.41, 5.74) is -2.47. The highest BCUT2D eigenvalue weighted by Crippen LogP contribution is 2.45. The lowest BCUT2D eigenvalue weighted by atomic mass is 9.94. The number of nitrogens with one attached hydrogen (secondary N) is 1. The summed E-state index contributed by atoms with van der Waals surface area (Å²) in [6, 6.07) is 4.57. The molecule has 1 unspecified atom stereocenters. The van der Waals surface area contributed by atoms with E-state index in [-0.39, 0.29) is 18.4 Å². The first-order valence-corrected chi connectivity index (χ1v) is 11.3. The summed E-state index contributed by atoms with van der Waals surface area (Å²) in [5, 5.41) is 20.4. The van der Waals surface area contributed by atoms with Crippen LogP contribution in [0.1, 0.15) is 46.1 Å². The fourth-order valence-electron chi connectivity index (χ4n) is 2.69. The maximum absolute atomic E-state index is 14.6. The zero-order valence-electron chi connectivity index (χ0n) is 16.0. The predicted octanol–water partition coefficient (Wildman–Crippen LogP) is 2.47. The van der Waals surface area contributed by atoms with Crippen LogP contribution in [-0.2, 0) is 26.7 Å². The molecule has 1 fully saturated rings. The van der Waals surface area contributed by atoms with Gasteiger partial charge in [-0.2, -0.15) is 5.26 Å². The number of nitriles is 1. The molecule has 1 N–H and O–H groups in total. The van der Waals surface area contributed by atoms with E-state index in [9.17, 15) is 32.7 Å². The van der Waals surface area contributed by atoms with Gasteiger partial charge in [0.1, 0.15) is 16.1 Å². The number of rotatable bonds is 7. The lowest BCUT2D eigenvalue weighted by molar-refractivity contribution is -0.385. The molecule has 154 valence electrons. The molecule has 0 heterocycles. The number of nitro groups is 1. The molecule has 8 nitrogen and oxygen atoms in total. The van der Waals surface area contributed by atoms with Crippen LogP contribution in [0.2, 0.25) is 0 Å². The third-order valence-corrected chi connectivity index (χ3v) is 9.01. The highest BCUT2D eigenvalue weighted by molar-refractivity contribution is 7.93. The number of sulfone groups is 1. The third kappa shape index (κ3) is 4.30.